The number of hydrogen-bond acceptors (Lipinski definition) is 5. The lowest BCUT2D eigenvalue weighted by Crippen LogP contribution is -2.38. The van der Waals surface area contributed by atoms with Crippen molar-refractivity contribution in [2.45, 2.75) is 31.7 Å². The molecule has 15 heteroatoms. The highest BCUT2D eigenvalue weighted by Crippen LogP contribution is 2.30. The molecule has 1 unspecified atom stereocenters. The molecule has 3 aromatic rings. The van der Waals surface area contributed by atoms with E-state index < -0.39 is 54.8 Å². The molecule has 0 aliphatic heterocycles. The Labute approximate surface area is 216 Å². The Balaban J connectivity index is 1.91. The number of carbonyl (C=O) groups excluding carboxylic acids is 1. The van der Waals surface area contributed by atoms with Crippen LogP contribution in [0.1, 0.15) is 18.0 Å². The zero-order valence-electron chi connectivity index (χ0n) is 18.1. The Hall–Kier alpha value is -3.09. The summed E-state index contributed by atoms with van der Waals surface area (Å²) in [4.78, 5) is 36.1. The van der Waals surface area contributed by atoms with Crippen LogP contribution in [0, 0.1) is 10.1 Å². The number of halogens is 6. The van der Waals surface area contributed by atoms with Crippen molar-refractivity contribution in [2.24, 2.45) is 0 Å². The lowest BCUT2D eigenvalue weighted by atomic mass is 10.1. The molecule has 1 amide bonds. The van der Waals surface area contributed by atoms with E-state index in [-0.39, 0.29) is 21.4 Å². The smallest absolute Gasteiger partial charge is 0.341 e. The molecule has 0 spiro atoms. The molecule has 0 fully saturated rings. The van der Waals surface area contributed by atoms with Crippen molar-refractivity contribution in [1.82, 2.24) is 19.7 Å². The zero-order valence-corrected chi connectivity index (χ0v) is 20.4. The van der Waals surface area contributed by atoms with Gasteiger partial charge in [0.15, 0.2) is 5.82 Å². The van der Waals surface area contributed by atoms with Gasteiger partial charge < -0.3 is 5.32 Å². The van der Waals surface area contributed by atoms with Crippen LogP contribution < -0.4 is 11.0 Å². The van der Waals surface area contributed by atoms with E-state index in [9.17, 15) is 32.9 Å². The molecule has 1 N–H and O–H groups in total. The van der Waals surface area contributed by atoms with Crippen molar-refractivity contribution < 1.29 is 22.9 Å². The van der Waals surface area contributed by atoms with Crippen molar-refractivity contribution in [2.75, 3.05) is 6.54 Å². The lowest BCUT2D eigenvalue weighted by Gasteiger charge is -2.17. The molecule has 0 saturated carbocycles. The third kappa shape index (κ3) is 6.99. The summed E-state index contributed by atoms with van der Waals surface area (Å²) >= 11 is 18.0. The molecule has 0 bridgehead atoms. The summed E-state index contributed by atoms with van der Waals surface area (Å²) in [7, 11) is 0. The van der Waals surface area contributed by atoms with Gasteiger partial charge in [0.2, 0.25) is 12.5 Å². The van der Waals surface area contributed by atoms with Crippen molar-refractivity contribution >= 4 is 40.7 Å². The van der Waals surface area contributed by atoms with E-state index in [2.05, 4.69) is 10.4 Å². The SMILES string of the molecule is O=C(Cn1nc(-c2ccc(Cl)cc2)n(CCC(F)(F)F)c1=O)NC(C[N+](=O)[O-])c1cccc(Cl)c1Cl. The molecule has 0 saturated heterocycles. The molecule has 9 nitrogen and oxygen atoms in total. The second kappa shape index (κ2) is 11.3. The maximum Gasteiger partial charge on any atom is 0.390 e. The standard InChI is InChI=1S/C21H17Cl3F3N5O4/c22-13-6-4-12(5-7-13)19-29-31(20(34)30(19)9-8-21(25,26)27)11-17(33)28-16(10-32(35)36)14-2-1-3-15(23)18(14)24/h1-7,16H,8-11H2,(H,28,33). The lowest BCUT2D eigenvalue weighted by molar-refractivity contribution is -0.484. The van der Waals surface area contributed by atoms with E-state index in [0.717, 1.165) is 4.57 Å². The summed E-state index contributed by atoms with van der Waals surface area (Å²) in [5.41, 5.74) is -0.486. The molecule has 36 heavy (non-hydrogen) atoms. The Morgan fingerprint density at radius 3 is 2.42 bits per heavy atom. The number of hydrogen-bond donors (Lipinski definition) is 1. The summed E-state index contributed by atoms with van der Waals surface area (Å²) in [6, 6.07) is 9.07. The molecule has 3 rings (SSSR count). The summed E-state index contributed by atoms with van der Waals surface area (Å²) in [6.45, 7) is -2.19. The predicted octanol–water partition coefficient (Wildman–Crippen LogP) is 4.76. The molecule has 192 valence electrons. The van der Waals surface area contributed by atoms with Crippen LogP contribution in [-0.4, -0.2) is 37.9 Å². The van der Waals surface area contributed by atoms with Crippen LogP contribution in [0.2, 0.25) is 15.1 Å². The number of nitro groups is 1. The van der Waals surface area contributed by atoms with Gasteiger partial charge in [-0.25, -0.2) is 9.48 Å². The molecule has 0 aliphatic carbocycles. The molecule has 1 aromatic heterocycles. The van der Waals surface area contributed by atoms with E-state index in [1.807, 2.05) is 0 Å². The van der Waals surface area contributed by atoms with Crippen LogP contribution in [-0.2, 0) is 17.9 Å². The molecule has 0 aliphatic rings. The van der Waals surface area contributed by atoms with Gasteiger partial charge in [0.25, 0.3) is 0 Å². The molecule has 1 heterocycles. The van der Waals surface area contributed by atoms with E-state index in [0.29, 0.717) is 15.3 Å². The van der Waals surface area contributed by atoms with Crippen molar-refractivity contribution in [3.8, 4) is 11.4 Å². The van der Waals surface area contributed by atoms with Crippen LogP contribution in [0.5, 0.6) is 0 Å². The van der Waals surface area contributed by atoms with E-state index in [1.54, 1.807) is 0 Å². The molecule has 2 aromatic carbocycles. The third-order valence-corrected chi connectivity index (χ3v) is 6.05. The predicted molar refractivity (Wildman–Crippen MR) is 127 cm³/mol. The minimum atomic E-state index is -4.54. The number of alkyl halides is 3. The number of rotatable bonds is 9. The van der Waals surface area contributed by atoms with Crippen LogP contribution in [0.25, 0.3) is 11.4 Å². The molecule has 1 atom stereocenters. The summed E-state index contributed by atoms with van der Waals surface area (Å²) in [5.74, 6) is -0.962. The quantitative estimate of drug-likeness (QED) is 0.297. The van der Waals surface area contributed by atoms with Gasteiger partial charge >= 0.3 is 11.9 Å². The second-order valence-corrected chi connectivity index (χ2v) is 8.79. The first-order chi connectivity index (χ1) is 16.9. The Kier molecular flexibility index (Phi) is 8.64. The number of aromatic nitrogens is 3. The summed E-state index contributed by atoms with van der Waals surface area (Å²) in [5, 5.41) is 18.1. The monoisotopic (exact) mass is 565 g/mol. The topological polar surface area (TPSA) is 112 Å². The average molecular weight is 567 g/mol. The number of nitrogens with zero attached hydrogens (tertiary/aromatic N) is 4. The second-order valence-electron chi connectivity index (χ2n) is 7.57. The molecular formula is C21H17Cl3F3N5O4. The summed E-state index contributed by atoms with van der Waals surface area (Å²) in [6.07, 6.45) is -5.84. The van der Waals surface area contributed by atoms with Gasteiger partial charge in [0.1, 0.15) is 12.6 Å². The number of amides is 1. The fourth-order valence-corrected chi connectivity index (χ4v) is 3.90. The highest BCUT2D eigenvalue weighted by molar-refractivity contribution is 6.42. The highest BCUT2D eigenvalue weighted by atomic mass is 35.5. The van der Waals surface area contributed by atoms with Crippen LogP contribution in [0.3, 0.4) is 0 Å². The van der Waals surface area contributed by atoms with E-state index >= 15 is 0 Å². The normalized spacial score (nSPS) is 12.4. The number of nitrogens with one attached hydrogen (secondary N) is 1. The van der Waals surface area contributed by atoms with Crippen molar-refractivity contribution in [1.29, 1.82) is 0 Å². The van der Waals surface area contributed by atoms with Crippen LogP contribution in [0.4, 0.5) is 13.2 Å². The third-order valence-electron chi connectivity index (χ3n) is 4.96. The highest BCUT2D eigenvalue weighted by Gasteiger charge is 2.29. The Morgan fingerprint density at radius 2 is 1.81 bits per heavy atom. The number of benzene rings is 2. The first-order valence-electron chi connectivity index (χ1n) is 10.2. The zero-order chi connectivity index (χ0) is 26.6. The van der Waals surface area contributed by atoms with Crippen LogP contribution in [0.15, 0.2) is 47.3 Å². The first kappa shape index (κ1) is 27.5. The van der Waals surface area contributed by atoms with E-state index in [1.165, 1.54) is 42.5 Å². The first-order valence-corrected chi connectivity index (χ1v) is 11.3. The minimum absolute atomic E-state index is 0.00457. The maximum atomic E-state index is 12.9. The maximum absolute atomic E-state index is 12.9. The van der Waals surface area contributed by atoms with Gasteiger partial charge in [0, 0.05) is 27.6 Å². The fraction of sp³-hybridized carbons (Fsp3) is 0.286. The van der Waals surface area contributed by atoms with Gasteiger partial charge in [-0.2, -0.15) is 13.2 Å². The van der Waals surface area contributed by atoms with Gasteiger partial charge in [0.05, 0.1) is 16.5 Å². The Bertz CT molecular complexity index is 1330. The van der Waals surface area contributed by atoms with Crippen molar-refractivity contribution in [3.05, 3.63) is 83.7 Å². The van der Waals surface area contributed by atoms with Gasteiger partial charge in [-0.1, -0.05) is 46.9 Å². The van der Waals surface area contributed by atoms with E-state index in [4.69, 9.17) is 34.8 Å². The number of carbonyl (C=O) groups is 1. The fourth-order valence-electron chi connectivity index (χ4n) is 3.33. The van der Waals surface area contributed by atoms with Gasteiger partial charge in [-0.15, -0.1) is 5.10 Å². The van der Waals surface area contributed by atoms with Gasteiger partial charge in [-0.3, -0.25) is 19.5 Å². The minimum Gasteiger partial charge on any atom is -0.341 e. The largest absolute Gasteiger partial charge is 0.390 e. The molecular weight excluding hydrogens is 550 g/mol. The summed E-state index contributed by atoms with van der Waals surface area (Å²) < 4.78 is 40.0. The van der Waals surface area contributed by atoms with Crippen LogP contribution >= 0.6 is 34.8 Å². The molecule has 0 radical (unpaired) electrons. The Morgan fingerprint density at radius 1 is 1.14 bits per heavy atom. The van der Waals surface area contributed by atoms with Crippen molar-refractivity contribution in [3.63, 3.8) is 0 Å². The average Bonchev–Trinajstić information content (AvgIpc) is 3.08. The van der Waals surface area contributed by atoms with Gasteiger partial charge in [-0.05, 0) is 30.3 Å².